The highest BCUT2D eigenvalue weighted by atomic mass is 16.5. The molecule has 0 bridgehead atoms. The second-order valence-corrected chi connectivity index (χ2v) is 7.05. The molecule has 7 nitrogen and oxygen atoms in total. The lowest BCUT2D eigenvalue weighted by Crippen LogP contribution is -2.25. The number of rotatable bonds is 7. The molecular formula is C22H25N3O4. The van der Waals surface area contributed by atoms with Crippen molar-refractivity contribution in [1.82, 2.24) is 9.55 Å². The standard InChI is InChI=1S/C22H25N3O4/c1-27-11-10-24-18-7-5-4-6-17(18)23-22(24)15-12-21(26)25(14-15)19-13-16(28-2)8-9-20(19)29-3/h4-9,13,15H,10-12,14H2,1-3H3. The summed E-state index contributed by atoms with van der Waals surface area (Å²) in [6.45, 7) is 1.82. The van der Waals surface area contributed by atoms with Crippen LogP contribution in [-0.2, 0) is 16.1 Å². The van der Waals surface area contributed by atoms with Crippen molar-refractivity contribution < 1.29 is 19.0 Å². The fourth-order valence-electron chi connectivity index (χ4n) is 3.94. The predicted molar refractivity (Wildman–Crippen MR) is 111 cm³/mol. The number of fused-ring (bicyclic) bond motifs is 1. The van der Waals surface area contributed by atoms with Gasteiger partial charge in [0.15, 0.2) is 0 Å². The molecule has 1 saturated heterocycles. The summed E-state index contributed by atoms with van der Waals surface area (Å²) in [6, 6.07) is 13.5. The van der Waals surface area contributed by atoms with Crippen LogP contribution in [0, 0.1) is 0 Å². The summed E-state index contributed by atoms with van der Waals surface area (Å²) in [6.07, 6.45) is 0.399. The maximum atomic E-state index is 12.9. The van der Waals surface area contributed by atoms with Crippen molar-refractivity contribution >= 4 is 22.6 Å². The second-order valence-electron chi connectivity index (χ2n) is 7.05. The number of amides is 1. The van der Waals surface area contributed by atoms with Crippen LogP contribution in [0.4, 0.5) is 5.69 Å². The molecule has 1 fully saturated rings. The molecule has 1 unspecified atom stereocenters. The lowest BCUT2D eigenvalue weighted by Gasteiger charge is -2.20. The molecule has 1 aliphatic rings. The van der Waals surface area contributed by atoms with E-state index in [4.69, 9.17) is 19.2 Å². The maximum Gasteiger partial charge on any atom is 0.227 e. The molecular weight excluding hydrogens is 370 g/mol. The van der Waals surface area contributed by atoms with E-state index >= 15 is 0 Å². The minimum atomic E-state index is -0.0114. The fourth-order valence-corrected chi connectivity index (χ4v) is 3.94. The van der Waals surface area contributed by atoms with Gasteiger partial charge in [-0.3, -0.25) is 4.79 Å². The molecule has 3 aromatic rings. The van der Waals surface area contributed by atoms with E-state index in [1.807, 2.05) is 36.4 Å². The highest BCUT2D eigenvalue weighted by Gasteiger charge is 2.36. The Bertz CT molecular complexity index is 1030. The number of imidazole rings is 1. The molecule has 7 heteroatoms. The van der Waals surface area contributed by atoms with Crippen molar-refractivity contribution in [2.75, 3.05) is 39.4 Å². The Kier molecular flexibility index (Phi) is 5.40. The molecule has 2 heterocycles. The van der Waals surface area contributed by atoms with E-state index in [1.165, 1.54) is 0 Å². The van der Waals surface area contributed by atoms with Gasteiger partial charge < -0.3 is 23.7 Å². The number of hydrogen-bond acceptors (Lipinski definition) is 5. The molecule has 2 aromatic carbocycles. The summed E-state index contributed by atoms with van der Waals surface area (Å²) in [7, 11) is 4.90. The molecule has 1 amide bonds. The molecule has 0 aliphatic carbocycles. The number of methoxy groups -OCH3 is 3. The normalized spacial score (nSPS) is 16.6. The van der Waals surface area contributed by atoms with Crippen LogP contribution in [0.3, 0.4) is 0 Å². The zero-order valence-electron chi connectivity index (χ0n) is 16.9. The largest absolute Gasteiger partial charge is 0.497 e. The third-order valence-electron chi connectivity index (χ3n) is 5.37. The van der Waals surface area contributed by atoms with Crippen LogP contribution in [0.25, 0.3) is 11.0 Å². The number of aromatic nitrogens is 2. The summed E-state index contributed by atoms with van der Waals surface area (Å²) >= 11 is 0. The fraction of sp³-hybridized carbons (Fsp3) is 0.364. The first-order valence-corrected chi connectivity index (χ1v) is 9.62. The van der Waals surface area contributed by atoms with Crippen LogP contribution in [0.2, 0.25) is 0 Å². The second kappa shape index (κ2) is 8.13. The number of hydrogen-bond donors (Lipinski definition) is 0. The highest BCUT2D eigenvalue weighted by molar-refractivity contribution is 5.98. The van der Waals surface area contributed by atoms with Gasteiger partial charge in [-0.1, -0.05) is 12.1 Å². The Labute approximate surface area is 169 Å². The predicted octanol–water partition coefficient (Wildman–Crippen LogP) is 3.22. The number of carbonyl (C=O) groups excluding carboxylic acids is 1. The number of ether oxygens (including phenoxy) is 3. The van der Waals surface area contributed by atoms with Gasteiger partial charge in [0.25, 0.3) is 0 Å². The zero-order chi connectivity index (χ0) is 20.4. The number of nitrogens with zero attached hydrogens (tertiary/aromatic N) is 3. The summed E-state index contributed by atoms with van der Waals surface area (Å²) in [5, 5.41) is 0. The van der Waals surface area contributed by atoms with Crippen LogP contribution in [0.5, 0.6) is 11.5 Å². The van der Waals surface area contributed by atoms with Gasteiger partial charge in [0, 0.05) is 38.6 Å². The summed E-state index contributed by atoms with van der Waals surface area (Å²) in [4.78, 5) is 19.6. The molecule has 0 N–H and O–H groups in total. The van der Waals surface area contributed by atoms with Gasteiger partial charge in [-0.25, -0.2) is 4.98 Å². The number of anilines is 1. The van der Waals surface area contributed by atoms with Crippen molar-refractivity contribution in [2.24, 2.45) is 0 Å². The number of benzene rings is 2. The molecule has 0 spiro atoms. The van der Waals surface area contributed by atoms with Crippen LogP contribution in [0.1, 0.15) is 18.2 Å². The van der Waals surface area contributed by atoms with E-state index in [-0.39, 0.29) is 11.8 Å². The summed E-state index contributed by atoms with van der Waals surface area (Å²) in [5.74, 6) is 2.28. The van der Waals surface area contributed by atoms with Crippen molar-refractivity contribution in [1.29, 1.82) is 0 Å². The van der Waals surface area contributed by atoms with Gasteiger partial charge in [0.1, 0.15) is 17.3 Å². The minimum Gasteiger partial charge on any atom is -0.497 e. The first-order chi connectivity index (χ1) is 14.2. The number of carbonyl (C=O) groups is 1. The Morgan fingerprint density at radius 2 is 1.93 bits per heavy atom. The van der Waals surface area contributed by atoms with E-state index in [0.717, 1.165) is 22.5 Å². The molecule has 1 aromatic heterocycles. The quantitative estimate of drug-likeness (QED) is 0.615. The van der Waals surface area contributed by atoms with E-state index in [1.54, 1.807) is 26.2 Å². The smallest absolute Gasteiger partial charge is 0.227 e. The van der Waals surface area contributed by atoms with E-state index in [9.17, 15) is 4.79 Å². The van der Waals surface area contributed by atoms with E-state index in [0.29, 0.717) is 37.6 Å². The number of para-hydroxylation sites is 2. The molecule has 1 atom stereocenters. The van der Waals surface area contributed by atoms with E-state index < -0.39 is 0 Å². The Hall–Kier alpha value is -3.06. The average molecular weight is 395 g/mol. The van der Waals surface area contributed by atoms with Crippen LogP contribution >= 0.6 is 0 Å². The minimum absolute atomic E-state index is 0.0114. The van der Waals surface area contributed by atoms with Crippen molar-refractivity contribution in [2.45, 2.75) is 18.9 Å². The topological polar surface area (TPSA) is 65.8 Å². The summed E-state index contributed by atoms with van der Waals surface area (Å²) < 4.78 is 18.3. The molecule has 0 radical (unpaired) electrons. The average Bonchev–Trinajstić information content (AvgIpc) is 3.32. The van der Waals surface area contributed by atoms with Crippen molar-refractivity contribution in [3.8, 4) is 11.5 Å². The SMILES string of the molecule is COCCn1c(C2CC(=O)N(c3cc(OC)ccc3OC)C2)nc2ccccc21. The lowest BCUT2D eigenvalue weighted by atomic mass is 10.1. The third-order valence-corrected chi connectivity index (χ3v) is 5.37. The van der Waals surface area contributed by atoms with Crippen molar-refractivity contribution in [3.05, 3.63) is 48.3 Å². The Balaban J connectivity index is 1.70. The van der Waals surface area contributed by atoms with Gasteiger partial charge >= 0.3 is 0 Å². The monoisotopic (exact) mass is 395 g/mol. The lowest BCUT2D eigenvalue weighted by molar-refractivity contribution is -0.117. The van der Waals surface area contributed by atoms with Gasteiger partial charge in [-0.15, -0.1) is 0 Å². The Morgan fingerprint density at radius 3 is 2.69 bits per heavy atom. The van der Waals surface area contributed by atoms with E-state index in [2.05, 4.69) is 10.6 Å². The molecule has 29 heavy (non-hydrogen) atoms. The van der Waals surface area contributed by atoms with Crippen LogP contribution in [-0.4, -0.2) is 49.9 Å². The molecule has 4 rings (SSSR count). The maximum absolute atomic E-state index is 12.9. The van der Waals surface area contributed by atoms with Crippen LogP contribution in [0.15, 0.2) is 42.5 Å². The first-order valence-electron chi connectivity index (χ1n) is 9.62. The molecule has 152 valence electrons. The van der Waals surface area contributed by atoms with Gasteiger partial charge in [-0.05, 0) is 24.3 Å². The molecule has 0 saturated carbocycles. The molecule has 1 aliphatic heterocycles. The van der Waals surface area contributed by atoms with Crippen LogP contribution < -0.4 is 14.4 Å². The Morgan fingerprint density at radius 1 is 1.10 bits per heavy atom. The third kappa shape index (κ3) is 3.53. The summed E-state index contributed by atoms with van der Waals surface area (Å²) in [5.41, 5.74) is 2.71. The van der Waals surface area contributed by atoms with Crippen molar-refractivity contribution in [3.63, 3.8) is 0 Å². The zero-order valence-corrected chi connectivity index (χ0v) is 16.9. The van der Waals surface area contributed by atoms with Gasteiger partial charge in [0.05, 0.1) is 37.5 Å². The first kappa shape index (κ1) is 19.3. The van der Waals surface area contributed by atoms with Gasteiger partial charge in [0.2, 0.25) is 5.91 Å². The highest BCUT2D eigenvalue weighted by Crippen LogP contribution is 2.39. The van der Waals surface area contributed by atoms with Gasteiger partial charge in [-0.2, -0.15) is 0 Å².